The molecule has 0 aliphatic carbocycles. The minimum absolute atomic E-state index is 0.0222. The van der Waals surface area contributed by atoms with Gasteiger partial charge < -0.3 is 10.1 Å². The van der Waals surface area contributed by atoms with Gasteiger partial charge >= 0.3 is 0 Å². The van der Waals surface area contributed by atoms with Crippen molar-refractivity contribution >= 4 is 15.9 Å². The summed E-state index contributed by atoms with van der Waals surface area (Å²) in [5, 5.41) is 2.92. The van der Waals surface area contributed by atoms with E-state index in [-0.39, 0.29) is 35.6 Å². The number of ether oxygens (including phenoxy) is 1. The van der Waals surface area contributed by atoms with E-state index in [2.05, 4.69) is 19.2 Å². The van der Waals surface area contributed by atoms with Crippen LogP contribution in [0.1, 0.15) is 33.1 Å². The molecule has 1 aromatic carbocycles. The maximum atomic E-state index is 13.5. The van der Waals surface area contributed by atoms with Crippen molar-refractivity contribution in [2.75, 3.05) is 26.7 Å². The Labute approximate surface area is 154 Å². The van der Waals surface area contributed by atoms with Crippen LogP contribution in [0.15, 0.2) is 23.1 Å². The van der Waals surface area contributed by atoms with Gasteiger partial charge in [0.15, 0.2) is 0 Å². The molecule has 1 N–H and O–H groups in total. The van der Waals surface area contributed by atoms with Crippen LogP contribution >= 0.6 is 0 Å². The molecule has 6 nitrogen and oxygen atoms in total. The fourth-order valence-electron chi connectivity index (χ4n) is 2.98. The molecule has 2 rings (SSSR count). The molecule has 146 valence electrons. The van der Waals surface area contributed by atoms with E-state index >= 15 is 0 Å². The molecular weight excluding hydrogens is 359 g/mol. The Balaban J connectivity index is 2.01. The zero-order chi connectivity index (χ0) is 19.3. The van der Waals surface area contributed by atoms with E-state index in [0.29, 0.717) is 25.3 Å². The van der Waals surface area contributed by atoms with Crippen LogP contribution in [-0.4, -0.2) is 45.4 Å². The highest BCUT2D eigenvalue weighted by Crippen LogP contribution is 2.30. The van der Waals surface area contributed by atoms with E-state index < -0.39 is 15.8 Å². The molecule has 0 spiro atoms. The standard InChI is InChI=1S/C18H27FN2O4S/c1-13(2)6-9-20-18(22)14-7-10-21(11-8-14)26(23,24)17-12-15(19)4-5-16(17)25-3/h4-5,12-14H,6-11H2,1-3H3,(H,20,22). The summed E-state index contributed by atoms with van der Waals surface area (Å²) >= 11 is 0. The van der Waals surface area contributed by atoms with Crippen molar-refractivity contribution in [3.63, 3.8) is 0 Å². The van der Waals surface area contributed by atoms with Gasteiger partial charge in [-0.15, -0.1) is 0 Å². The van der Waals surface area contributed by atoms with Crippen LogP contribution in [0.25, 0.3) is 0 Å². The summed E-state index contributed by atoms with van der Waals surface area (Å²) in [5.41, 5.74) is 0. The highest BCUT2D eigenvalue weighted by Gasteiger charge is 2.33. The van der Waals surface area contributed by atoms with E-state index in [1.165, 1.54) is 17.5 Å². The van der Waals surface area contributed by atoms with Gasteiger partial charge in [-0.25, -0.2) is 12.8 Å². The zero-order valence-electron chi connectivity index (χ0n) is 15.5. The molecule has 0 unspecified atom stereocenters. The lowest BCUT2D eigenvalue weighted by molar-refractivity contribution is -0.126. The van der Waals surface area contributed by atoms with Crippen molar-refractivity contribution in [3.8, 4) is 5.75 Å². The van der Waals surface area contributed by atoms with Gasteiger partial charge in [-0.2, -0.15) is 4.31 Å². The monoisotopic (exact) mass is 386 g/mol. The number of sulfonamides is 1. The predicted octanol–water partition coefficient (Wildman–Crippen LogP) is 2.40. The Bertz CT molecular complexity index is 729. The number of hydrogen-bond donors (Lipinski definition) is 1. The molecule has 0 saturated carbocycles. The highest BCUT2D eigenvalue weighted by atomic mass is 32.2. The molecule has 8 heteroatoms. The molecule has 1 amide bonds. The first-order valence-electron chi connectivity index (χ1n) is 8.87. The molecule has 0 aromatic heterocycles. The summed E-state index contributed by atoms with van der Waals surface area (Å²) in [5.74, 6) is -0.221. The number of piperidine rings is 1. The zero-order valence-corrected chi connectivity index (χ0v) is 16.3. The Morgan fingerprint density at radius 2 is 2.00 bits per heavy atom. The summed E-state index contributed by atoms with van der Waals surface area (Å²) in [6, 6.07) is 3.43. The van der Waals surface area contributed by atoms with Gasteiger partial charge in [-0.1, -0.05) is 13.8 Å². The van der Waals surface area contributed by atoms with Gasteiger partial charge in [0.2, 0.25) is 15.9 Å². The van der Waals surface area contributed by atoms with Gasteiger partial charge in [-0.05, 0) is 43.4 Å². The van der Waals surface area contributed by atoms with E-state index in [9.17, 15) is 17.6 Å². The summed E-state index contributed by atoms with van der Waals surface area (Å²) in [6.07, 6.45) is 1.81. The third kappa shape index (κ3) is 4.94. The average Bonchev–Trinajstić information content (AvgIpc) is 2.61. The van der Waals surface area contributed by atoms with Crippen molar-refractivity contribution in [2.45, 2.75) is 38.0 Å². The first kappa shape index (κ1) is 20.6. The fraction of sp³-hybridized carbons (Fsp3) is 0.611. The number of carbonyl (C=O) groups excluding carboxylic acids is 1. The smallest absolute Gasteiger partial charge is 0.246 e. The number of methoxy groups -OCH3 is 1. The van der Waals surface area contributed by atoms with Crippen LogP contribution in [0, 0.1) is 17.7 Å². The molecule has 1 fully saturated rings. The summed E-state index contributed by atoms with van der Waals surface area (Å²) in [6.45, 7) is 5.27. The van der Waals surface area contributed by atoms with Crippen molar-refractivity contribution in [2.24, 2.45) is 11.8 Å². The van der Waals surface area contributed by atoms with Gasteiger partial charge in [-0.3, -0.25) is 4.79 Å². The normalized spacial score (nSPS) is 16.7. The van der Waals surface area contributed by atoms with Gasteiger partial charge in [0.25, 0.3) is 0 Å². The van der Waals surface area contributed by atoms with E-state index in [4.69, 9.17) is 4.74 Å². The quantitative estimate of drug-likeness (QED) is 0.781. The van der Waals surface area contributed by atoms with Crippen LogP contribution in [0.4, 0.5) is 4.39 Å². The Kier molecular flexibility index (Phi) is 7.00. The first-order valence-corrected chi connectivity index (χ1v) is 10.3. The number of halogens is 1. The minimum atomic E-state index is -3.87. The minimum Gasteiger partial charge on any atom is -0.495 e. The van der Waals surface area contributed by atoms with Gasteiger partial charge in [0, 0.05) is 25.6 Å². The molecular formula is C18H27FN2O4S. The second-order valence-corrected chi connectivity index (χ2v) is 8.85. The predicted molar refractivity (Wildman–Crippen MR) is 96.9 cm³/mol. The summed E-state index contributed by atoms with van der Waals surface area (Å²) in [4.78, 5) is 12.0. The van der Waals surface area contributed by atoms with Crippen LogP contribution in [0.3, 0.4) is 0 Å². The number of benzene rings is 1. The second-order valence-electron chi connectivity index (χ2n) is 6.95. The van der Waals surface area contributed by atoms with E-state index in [0.717, 1.165) is 18.6 Å². The number of amides is 1. The molecule has 1 heterocycles. The summed E-state index contributed by atoms with van der Waals surface area (Å²) < 4.78 is 45.5. The molecule has 1 aromatic rings. The average molecular weight is 386 g/mol. The van der Waals surface area contributed by atoms with Gasteiger partial charge in [0.1, 0.15) is 16.5 Å². The third-order valence-corrected chi connectivity index (χ3v) is 6.51. The molecule has 1 aliphatic rings. The van der Waals surface area contributed by atoms with Crippen molar-refractivity contribution in [1.29, 1.82) is 0 Å². The molecule has 1 aliphatic heterocycles. The lowest BCUT2D eigenvalue weighted by atomic mass is 9.97. The molecule has 0 radical (unpaired) electrons. The number of nitrogens with zero attached hydrogens (tertiary/aromatic N) is 1. The lowest BCUT2D eigenvalue weighted by Crippen LogP contribution is -2.43. The molecule has 26 heavy (non-hydrogen) atoms. The first-order chi connectivity index (χ1) is 12.3. The maximum Gasteiger partial charge on any atom is 0.246 e. The second kappa shape index (κ2) is 8.81. The largest absolute Gasteiger partial charge is 0.495 e. The lowest BCUT2D eigenvalue weighted by Gasteiger charge is -2.31. The van der Waals surface area contributed by atoms with Crippen LogP contribution in [-0.2, 0) is 14.8 Å². The van der Waals surface area contributed by atoms with Crippen molar-refractivity contribution in [3.05, 3.63) is 24.0 Å². The van der Waals surface area contributed by atoms with Gasteiger partial charge in [0.05, 0.1) is 7.11 Å². The SMILES string of the molecule is COc1ccc(F)cc1S(=O)(=O)N1CCC(C(=O)NCCC(C)C)CC1. The number of hydrogen-bond acceptors (Lipinski definition) is 4. The Morgan fingerprint density at radius 3 is 2.58 bits per heavy atom. The number of carbonyl (C=O) groups is 1. The molecule has 0 atom stereocenters. The molecule has 1 saturated heterocycles. The van der Waals surface area contributed by atoms with E-state index in [1.54, 1.807) is 0 Å². The maximum absolute atomic E-state index is 13.5. The highest BCUT2D eigenvalue weighted by molar-refractivity contribution is 7.89. The van der Waals surface area contributed by atoms with E-state index in [1.807, 2.05) is 0 Å². The summed E-state index contributed by atoms with van der Waals surface area (Å²) in [7, 11) is -2.52. The molecule has 0 bridgehead atoms. The van der Waals surface area contributed by atoms with Crippen molar-refractivity contribution < 1.29 is 22.3 Å². The van der Waals surface area contributed by atoms with Crippen LogP contribution < -0.4 is 10.1 Å². The Morgan fingerprint density at radius 1 is 1.35 bits per heavy atom. The van der Waals surface area contributed by atoms with Crippen LogP contribution in [0.2, 0.25) is 0 Å². The topological polar surface area (TPSA) is 75.7 Å². The Hall–Kier alpha value is -1.67. The van der Waals surface area contributed by atoms with Crippen LogP contribution in [0.5, 0.6) is 5.75 Å². The number of nitrogens with one attached hydrogen (secondary N) is 1. The third-order valence-electron chi connectivity index (χ3n) is 4.59. The van der Waals surface area contributed by atoms with Crippen molar-refractivity contribution in [1.82, 2.24) is 9.62 Å². The number of rotatable bonds is 7. The fourth-order valence-corrected chi connectivity index (χ4v) is 4.61.